The molecule has 2 aromatic carbocycles. The molecule has 1 saturated heterocycles. The van der Waals surface area contributed by atoms with E-state index in [1.165, 1.54) is 11.1 Å². The molecule has 34 heavy (non-hydrogen) atoms. The van der Waals surface area contributed by atoms with Crippen LogP contribution in [0.5, 0.6) is 0 Å². The van der Waals surface area contributed by atoms with E-state index in [2.05, 4.69) is 33.8 Å². The lowest BCUT2D eigenvalue weighted by Gasteiger charge is -2.39. The molecule has 1 amide bonds. The van der Waals surface area contributed by atoms with Gasteiger partial charge in [-0.1, -0.05) is 48.0 Å². The van der Waals surface area contributed by atoms with Gasteiger partial charge in [0.05, 0.1) is 23.3 Å². The Morgan fingerprint density at radius 3 is 2.71 bits per heavy atom. The Morgan fingerprint density at radius 2 is 1.88 bits per heavy atom. The molecule has 0 atom stereocenters. The van der Waals surface area contributed by atoms with E-state index in [1.807, 2.05) is 53.7 Å². The van der Waals surface area contributed by atoms with E-state index in [9.17, 15) is 4.79 Å². The van der Waals surface area contributed by atoms with Gasteiger partial charge in [0.2, 0.25) is 0 Å². The first-order valence-electron chi connectivity index (χ1n) is 11.8. The maximum absolute atomic E-state index is 13.7. The van der Waals surface area contributed by atoms with E-state index in [0.29, 0.717) is 24.7 Å². The first-order chi connectivity index (χ1) is 16.6. The van der Waals surface area contributed by atoms with Crippen molar-refractivity contribution >= 4 is 28.4 Å². The van der Waals surface area contributed by atoms with Gasteiger partial charge in [-0.3, -0.25) is 9.78 Å². The van der Waals surface area contributed by atoms with Crippen LogP contribution in [0.4, 0.5) is 0 Å². The lowest BCUT2D eigenvalue weighted by atomic mass is 9.83. The minimum atomic E-state index is -0.252. The molecule has 0 unspecified atom stereocenters. The van der Waals surface area contributed by atoms with Gasteiger partial charge in [0.1, 0.15) is 0 Å². The fraction of sp³-hybridized carbons (Fsp3) is 0.286. The summed E-state index contributed by atoms with van der Waals surface area (Å²) >= 11 is 6.32. The van der Waals surface area contributed by atoms with Crippen LogP contribution in [0.2, 0.25) is 5.02 Å². The van der Waals surface area contributed by atoms with Crippen LogP contribution in [0.1, 0.15) is 40.0 Å². The second-order valence-electron chi connectivity index (χ2n) is 9.20. The van der Waals surface area contributed by atoms with Crippen LogP contribution in [0.3, 0.4) is 0 Å². The molecule has 2 aliphatic rings. The number of amides is 1. The smallest absolute Gasteiger partial charge is 0.256 e. The summed E-state index contributed by atoms with van der Waals surface area (Å²) in [4.78, 5) is 20.1. The molecule has 0 saturated carbocycles. The third-order valence-corrected chi connectivity index (χ3v) is 7.52. The Labute approximate surface area is 203 Å². The number of aromatic nitrogens is 2. The van der Waals surface area contributed by atoms with Crippen molar-refractivity contribution in [2.75, 3.05) is 13.1 Å². The topological polar surface area (TPSA) is 47.4 Å². The third kappa shape index (κ3) is 3.69. The van der Waals surface area contributed by atoms with Gasteiger partial charge in [0.25, 0.3) is 5.91 Å². The SMILES string of the molecule is O=C(c1cn(CCc2ccccn2)c2cc(Cl)ccc12)N1CCC2(CC1)OCc1ccccc12. The van der Waals surface area contributed by atoms with Crippen LogP contribution in [0, 0.1) is 0 Å². The van der Waals surface area contributed by atoms with Crippen LogP contribution in [-0.4, -0.2) is 33.4 Å². The molecule has 1 spiro atoms. The van der Waals surface area contributed by atoms with Gasteiger partial charge in [0.15, 0.2) is 0 Å². The number of piperidine rings is 1. The number of nitrogens with zero attached hydrogens (tertiary/aromatic N) is 3. The lowest BCUT2D eigenvalue weighted by Crippen LogP contribution is -2.45. The number of carbonyl (C=O) groups excluding carboxylic acids is 1. The Bertz CT molecular complexity index is 1360. The highest BCUT2D eigenvalue weighted by Gasteiger charge is 2.43. The van der Waals surface area contributed by atoms with Crippen molar-refractivity contribution in [3.8, 4) is 0 Å². The summed E-state index contributed by atoms with van der Waals surface area (Å²) < 4.78 is 8.41. The molecule has 0 aliphatic carbocycles. The van der Waals surface area contributed by atoms with E-state index in [0.717, 1.165) is 48.0 Å². The van der Waals surface area contributed by atoms with Gasteiger partial charge >= 0.3 is 0 Å². The second kappa shape index (κ2) is 8.57. The number of ether oxygens (including phenoxy) is 1. The predicted molar refractivity (Wildman–Crippen MR) is 133 cm³/mol. The summed E-state index contributed by atoms with van der Waals surface area (Å²) in [5, 5.41) is 1.61. The average Bonchev–Trinajstić information content (AvgIpc) is 3.42. The number of aryl methyl sites for hydroxylation is 2. The fourth-order valence-corrected chi connectivity index (χ4v) is 5.61. The van der Waals surface area contributed by atoms with E-state index in [4.69, 9.17) is 16.3 Å². The summed E-state index contributed by atoms with van der Waals surface area (Å²) in [7, 11) is 0. The number of halogens is 1. The van der Waals surface area contributed by atoms with Crippen molar-refractivity contribution in [3.63, 3.8) is 0 Å². The zero-order chi connectivity index (χ0) is 23.1. The molecular formula is C28H26ClN3O2. The Kier molecular flexibility index (Phi) is 5.39. The molecule has 6 heteroatoms. The Balaban J connectivity index is 1.24. The number of hydrogen-bond donors (Lipinski definition) is 0. The van der Waals surface area contributed by atoms with Crippen LogP contribution in [-0.2, 0) is 29.9 Å². The first-order valence-corrected chi connectivity index (χ1v) is 12.2. The molecule has 6 rings (SSSR count). The van der Waals surface area contributed by atoms with Crippen molar-refractivity contribution in [1.82, 2.24) is 14.5 Å². The summed E-state index contributed by atoms with van der Waals surface area (Å²) in [5.41, 5.74) is 5.05. The van der Waals surface area contributed by atoms with E-state index in [1.54, 1.807) is 0 Å². The van der Waals surface area contributed by atoms with Crippen LogP contribution in [0.15, 0.2) is 73.1 Å². The summed E-state index contributed by atoms with van der Waals surface area (Å²) in [6.45, 7) is 2.76. The molecule has 4 aromatic rings. The standard InChI is InChI=1S/C28H26ClN3O2/c29-21-8-9-23-24(18-32(26(23)17-21)14-10-22-6-3-4-13-30-22)27(33)31-15-11-28(12-16-31)25-7-2-1-5-20(25)19-34-28/h1-9,13,17-18H,10-12,14-16,19H2. The number of pyridine rings is 1. The highest BCUT2D eigenvalue weighted by Crippen LogP contribution is 2.44. The van der Waals surface area contributed by atoms with E-state index in [-0.39, 0.29) is 11.5 Å². The van der Waals surface area contributed by atoms with Crippen molar-refractivity contribution in [2.24, 2.45) is 0 Å². The Hall–Kier alpha value is -3.15. The highest BCUT2D eigenvalue weighted by atomic mass is 35.5. The molecule has 2 aromatic heterocycles. The summed E-state index contributed by atoms with van der Waals surface area (Å²) in [5.74, 6) is 0.0741. The van der Waals surface area contributed by atoms with Crippen molar-refractivity contribution in [2.45, 2.75) is 38.0 Å². The molecule has 5 nitrogen and oxygen atoms in total. The molecule has 1 fully saturated rings. The number of benzene rings is 2. The van der Waals surface area contributed by atoms with E-state index < -0.39 is 0 Å². The number of carbonyl (C=O) groups is 1. The number of hydrogen-bond acceptors (Lipinski definition) is 3. The summed E-state index contributed by atoms with van der Waals surface area (Å²) in [6, 6.07) is 20.2. The largest absolute Gasteiger partial charge is 0.365 e. The van der Waals surface area contributed by atoms with Gasteiger partial charge in [-0.25, -0.2) is 0 Å². The number of fused-ring (bicyclic) bond motifs is 3. The normalized spacial score (nSPS) is 16.8. The Morgan fingerprint density at radius 1 is 1.06 bits per heavy atom. The van der Waals surface area contributed by atoms with Gasteiger partial charge in [-0.15, -0.1) is 0 Å². The van der Waals surface area contributed by atoms with Crippen molar-refractivity contribution in [1.29, 1.82) is 0 Å². The van der Waals surface area contributed by atoms with E-state index >= 15 is 0 Å². The molecule has 4 heterocycles. The average molecular weight is 472 g/mol. The summed E-state index contributed by atoms with van der Waals surface area (Å²) in [6.07, 6.45) is 6.22. The third-order valence-electron chi connectivity index (χ3n) is 7.28. The first kappa shape index (κ1) is 21.4. The van der Waals surface area contributed by atoms with Gasteiger partial charge in [-0.2, -0.15) is 0 Å². The number of rotatable bonds is 4. The second-order valence-corrected chi connectivity index (χ2v) is 9.64. The van der Waals surface area contributed by atoms with Gasteiger partial charge in [0, 0.05) is 54.6 Å². The quantitative estimate of drug-likeness (QED) is 0.389. The zero-order valence-electron chi connectivity index (χ0n) is 18.9. The monoisotopic (exact) mass is 471 g/mol. The fourth-order valence-electron chi connectivity index (χ4n) is 5.44. The molecule has 0 bridgehead atoms. The van der Waals surface area contributed by atoms with Crippen LogP contribution >= 0.6 is 11.6 Å². The molecule has 0 radical (unpaired) electrons. The molecule has 172 valence electrons. The van der Waals surface area contributed by atoms with Crippen LogP contribution < -0.4 is 0 Å². The minimum absolute atomic E-state index is 0.0741. The van der Waals surface area contributed by atoms with Crippen LogP contribution in [0.25, 0.3) is 10.9 Å². The molecule has 0 N–H and O–H groups in total. The molecule has 2 aliphatic heterocycles. The predicted octanol–water partition coefficient (Wildman–Crippen LogP) is 5.59. The maximum Gasteiger partial charge on any atom is 0.256 e. The van der Waals surface area contributed by atoms with Gasteiger partial charge < -0.3 is 14.2 Å². The maximum atomic E-state index is 13.7. The van der Waals surface area contributed by atoms with Gasteiger partial charge in [-0.05, 0) is 48.2 Å². The zero-order valence-corrected chi connectivity index (χ0v) is 19.7. The lowest BCUT2D eigenvalue weighted by molar-refractivity contribution is -0.0741. The molecular weight excluding hydrogens is 446 g/mol. The van der Waals surface area contributed by atoms with Crippen molar-refractivity contribution in [3.05, 3.63) is 100 Å². The van der Waals surface area contributed by atoms with Crippen molar-refractivity contribution < 1.29 is 9.53 Å². The minimum Gasteiger partial charge on any atom is -0.365 e. The highest BCUT2D eigenvalue weighted by molar-refractivity contribution is 6.31. The number of likely N-dealkylation sites (tertiary alicyclic amines) is 1.